The van der Waals surface area contributed by atoms with Gasteiger partial charge in [-0.15, -0.1) is 0 Å². The third-order valence-electron chi connectivity index (χ3n) is 1.44. The molecule has 1 aromatic carbocycles. The van der Waals surface area contributed by atoms with Gasteiger partial charge in [-0.25, -0.2) is 4.39 Å². The zero-order valence-corrected chi connectivity index (χ0v) is 8.48. The predicted octanol–water partition coefficient (Wildman–Crippen LogP) is 3.33. The predicted molar refractivity (Wildman–Crippen MR) is 50.2 cm³/mol. The van der Waals surface area contributed by atoms with Crippen LogP contribution in [0.2, 0.25) is 0 Å². The Kier molecular flexibility index (Phi) is 4.15. The van der Waals surface area contributed by atoms with Crippen molar-refractivity contribution in [3.05, 3.63) is 28.5 Å². The second-order valence-corrected chi connectivity index (χ2v) is 3.32. The molecule has 0 atom stereocenters. The summed E-state index contributed by atoms with van der Waals surface area (Å²) in [6.45, 7) is -0.0864. The summed E-state index contributed by atoms with van der Waals surface area (Å²) in [6.07, 6.45) is 0.356. The Hall–Kier alpha value is -0.640. The van der Waals surface area contributed by atoms with E-state index in [2.05, 4.69) is 15.9 Å². The van der Waals surface area contributed by atoms with Crippen LogP contribution < -0.4 is 4.74 Å². The fourth-order valence-corrected chi connectivity index (χ4v) is 1.17. The highest BCUT2D eigenvalue weighted by molar-refractivity contribution is 9.10. The largest absolute Gasteiger partial charge is 0.493 e. The van der Waals surface area contributed by atoms with Crippen molar-refractivity contribution in [2.24, 2.45) is 0 Å². The average molecular weight is 251 g/mol. The molecule has 0 fully saturated rings. The molecule has 0 radical (unpaired) electrons. The van der Waals surface area contributed by atoms with E-state index in [1.165, 1.54) is 18.2 Å². The molecule has 0 aliphatic rings. The summed E-state index contributed by atoms with van der Waals surface area (Å²) < 4.78 is 29.9. The van der Waals surface area contributed by atoms with Crippen LogP contribution in [0.4, 0.5) is 8.78 Å². The second-order valence-electron chi connectivity index (χ2n) is 2.47. The summed E-state index contributed by atoms with van der Waals surface area (Å²) in [4.78, 5) is 0. The van der Waals surface area contributed by atoms with Crippen molar-refractivity contribution in [2.45, 2.75) is 6.42 Å². The zero-order valence-electron chi connectivity index (χ0n) is 6.90. The van der Waals surface area contributed by atoms with Crippen LogP contribution in [0.3, 0.4) is 0 Å². The highest BCUT2D eigenvalue weighted by Gasteiger charge is 2.00. The quantitative estimate of drug-likeness (QED) is 0.746. The number of benzene rings is 1. The molecule has 0 saturated heterocycles. The van der Waals surface area contributed by atoms with Crippen LogP contribution in [0, 0.1) is 5.82 Å². The Morgan fingerprint density at radius 2 is 2.15 bits per heavy atom. The molecule has 0 aliphatic heterocycles. The van der Waals surface area contributed by atoms with Gasteiger partial charge in [-0.2, -0.15) is 0 Å². The van der Waals surface area contributed by atoms with Crippen molar-refractivity contribution in [1.29, 1.82) is 0 Å². The monoisotopic (exact) mass is 250 g/mol. The van der Waals surface area contributed by atoms with Gasteiger partial charge in [-0.05, 0) is 34.1 Å². The lowest BCUT2D eigenvalue weighted by Gasteiger charge is -2.04. The molecule has 1 rings (SSSR count). The number of rotatable bonds is 4. The molecule has 72 valence electrons. The van der Waals surface area contributed by atoms with E-state index in [4.69, 9.17) is 4.74 Å². The maximum atomic E-state index is 12.7. The summed E-state index contributed by atoms with van der Waals surface area (Å²) >= 11 is 3.03. The lowest BCUT2D eigenvalue weighted by atomic mass is 10.3. The third kappa shape index (κ3) is 3.30. The Morgan fingerprint density at radius 1 is 1.38 bits per heavy atom. The summed E-state index contributed by atoms with van der Waals surface area (Å²) in [5.41, 5.74) is 0. The summed E-state index contributed by atoms with van der Waals surface area (Å²) in [6, 6.07) is 4.33. The van der Waals surface area contributed by atoms with Gasteiger partial charge in [0.2, 0.25) is 0 Å². The highest BCUT2D eigenvalue weighted by atomic mass is 79.9. The number of halogens is 3. The van der Waals surface area contributed by atoms with Gasteiger partial charge in [0, 0.05) is 6.42 Å². The van der Waals surface area contributed by atoms with Gasteiger partial charge in [-0.1, -0.05) is 0 Å². The van der Waals surface area contributed by atoms with Crippen molar-refractivity contribution in [1.82, 2.24) is 0 Å². The summed E-state index contributed by atoms with van der Waals surface area (Å²) in [7, 11) is 0. The van der Waals surface area contributed by atoms with E-state index < -0.39 is 6.67 Å². The second kappa shape index (κ2) is 5.17. The Labute approximate surface area is 83.8 Å². The van der Waals surface area contributed by atoms with Crippen LogP contribution >= 0.6 is 15.9 Å². The molecule has 1 aromatic rings. The van der Waals surface area contributed by atoms with Gasteiger partial charge in [0.05, 0.1) is 17.8 Å². The molecule has 1 nitrogen and oxygen atoms in total. The standard InChI is InChI=1S/C9H9BrF2O/c10-8-6-7(2-3-9(8)12)13-5-1-4-11/h2-3,6H,1,4-5H2. The fraction of sp³-hybridized carbons (Fsp3) is 0.333. The smallest absolute Gasteiger partial charge is 0.137 e. The molecule has 0 spiro atoms. The van der Waals surface area contributed by atoms with Gasteiger partial charge in [0.25, 0.3) is 0 Å². The first-order valence-corrected chi connectivity index (χ1v) is 4.67. The van der Waals surface area contributed by atoms with Crippen LogP contribution in [0.25, 0.3) is 0 Å². The Balaban J connectivity index is 2.53. The molecule has 0 amide bonds. The molecule has 4 heteroatoms. The number of ether oxygens (including phenoxy) is 1. The topological polar surface area (TPSA) is 9.23 Å². The van der Waals surface area contributed by atoms with E-state index in [0.29, 0.717) is 23.2 Å². The van der Waals surface area contributed by atoms with Crippen LogP contribution in [0.15, 0.2) is 22.7 Å². The van der Waals surface area contributed by atoms with E-state index in [9.17, 15) is 8.78 Å². The number of hydrogen-bond donors (Lipinski definition) is 0. The summed E-state index contributed by atoms with van der Waals surface area (Å²) in [5.74, 6) is 0.208. The lowest BCUT2D eigenvalue weighted by Crippen LogP contribution is -1.98. The van der Waals surface area contributed by atoms with Gasteiger partial charge in [-0.3, -0.25) is 4.39 Å². The molecule has 0 bridgehead atoms. The SMILES string of the molecule is FCCCOc1ccc(F)c(Br)c1. The van der Waals surface area contributed by atoms with E-state index in [0.717, 1.165) is 0 Å². The minimum atomic E-state index is -0.400. The Morgan fingerprint density at radius 3 is 2.77 bits per heavy atom. The van der Waals surface area contributed by atoms with Crippen LogP contribution in [-0.4, -0.2) is 13.3 Å². The highest BCUT2D eigenvalue weighted by Crippen LogP contribution is 2.21. The Bertz CT molecular complexity index is 278. The third-order valence-corrected chi connectivity index (χ3v) is 2.05. The van der Waals surface area contributed by atoms with Gasteiger partial charge in [0.1, 0.15) is 11.6 Å². The molecule has 0 aromatic heterocycles. The molecule has 13 heavy (non-hydrogen) atoms. The first kappa shape index (κ1) is 10.4. The first-order chi connectivity index (χ1) is 6.24. The molecular formula is C9H9BrF2O. The number of alkyl halides is 1. The first-order valence-electron chi connectivity index (χ1n) is 3.88. The van der Waals surface area contributed by atoms with Crippen LogP contribution in [0.5, 0.6) is 5.75 Å². The normalized spacial score (nSPS) is 10.1. The molecule has 0 unspecified atom stereocenters. The average Bonchev–Trinajstić information content (AvgIpc) is 2.12. The van der Waals surface area contributed by atoms with Crippen molar-refractivity contribution >= 4 is 15.9 Å². The zero-order chi connectivity index (χ0) is 9.68. The number of hydrogen-bond acceptors (Lipinski definition) is 1. The van der Waals surface area contributed by atoms with Gasteiger partial charge >= 0.3 is 0 Å². The van der Waals surface area contributed by atoms with E-state index in [1.807, 2.05) is 0 Å². The lowest BCUT2D eigenvalue weighted by molar-refractivity contribution is 0.289. The van der Waals surface area contributed by atoms with E-state index >= 15 is 0 Å². The van der Waals surface area contributed by atoms with Gasteiger partial charge in [0.15, 0.2) is 0 Å². The van der Waals surface area contributed by atoms with E-state index in [1.54, 1.807) is 0 Å². The molecule has 0 saturated carbocycles. The van der Waals surface area contributed by atoms with Gasteiger partial charge < -0.3 is 4.74 Å². The molecule has 0 heterocycles. The van der Waals surface area contributed by atoms with E-state index in [-0.39, 0.29) is 5.82 Å². The molecule has 0 aliphatic carbocycles. The van der Waals surface area contributed by atoms with Crippen molar-refractivity contribution in [3.63, 3.8) is 0 Å². The van der Waals surface area contributed by atoms with Crippen LogP contribution in [-0.2, 0) is 0 Å². The molecule has 0 N–H and O–H groups in total. The van der Waals surface area contributed by atoms with Crippen molar-refractivity contribution < 1.29 is 13.5 Å². The minimum absolute atomic E-state index is 0.314. The maximum absolute atomic E-state index is 12.7. The molecular weight excluding hydrogens is 242 g/mol. The van der Waals surface area contributed by atoms with Crippen molar-refractivity contribution in [2.75, 3.05) is 13.3 Å². The maximum Gasteiger partial charge on any atom is 0.137 e. The minimum Gasteiger partial charge on any atom is -0.493 e. The summed E-state index contributed by atoms with van der Waals surface area (Å²) in [5, 5.41) is 0. The van der Waals surface area contributed by atoms with Crippen LogP contribution in [0.1, 0.15) is 6.42 Å². The fourth-order valence-electron chi connectivity index (χ4n) is 0.811. The van der Waals surface area contributed by atoms with Crippen molar-refractivity contribution in [3.8, 4) is 5.75 Å².